The SMILES string of the molecule is CN[C@@H](C)C(=O)N[C@H](C(=O)N1C[C@@H](C(C)C)C[C@H]1C(=O)N[C@@H]1CCCc2ccccc21)C1CCCCC1. The van der Waals surface area contributed by atoms with Gasteiger partial charge >= 0.3 is 0 Å². The van der Waals surface area contributed by atoms with Gasteiger partial charge in [0.1, 0.15) is 12.1 Å². The van der Waals surface area contributed by atoms with Crippen LogP contribution < -0.4 is 16.0 Å². The number of likely N-dealkylation sites (N-methyl/N-ethyl adjacent to an activating group) is 1. The number of hydrogen-bond acceptors (Lipinski definition) is 4. The standard InChI is InChI=1S/C30H46N4O3/c1-19(2)23-17-26(29(36)32-25-16-10-14-21-11-8-9-15-24(21)25)34(18-23)30(37)27(22-12-6-5-7-13-22)33-28(35)20(3)31-4/h8-9,11,15,19-20,22-23,25-27,31H,5-7,10,12-14,16-18H2,1-4H3,(H,32,36)(H,33,35)/t20-,23-,25+,26-,27-/m0/s1. The van der Waals surface area contributed by atoms with Crippen molar-refractivity contribution in [2.45, 2.75) is 103 Å². The van der Waals surface area contributed by atoms with Crippen molar-refractivity contribution in [1.82, 2.24) is 20.9 Å². The molecule has 3 aliphatic rings. The molecule has 3 amide bonds. The van der Waals surface area contributed by atoms with Gasteiger partial charge in [-0.05, 0) is 81.4 Å². The Balaban J connectivity index is 1.55. The predicted molar refractivity (Wildman–Crippen MR) is 146 cm³/mol. The second kappa shape index (κ2) is 12.4. The molecule has 1 aliphatic heterocycles. The molecule has 1 aromatic carbocycles. The van der Waals surface area contributed by atoms with Crippen LogP contribution in [0.4, 0.5) is 0 Å². The molecular weight excluding hydrogens is 464 g/mol. The zero-order chi connectivity index (χ0) is 26.5. The summed E-state index contributed by atoms with van der Waals surface area (Å²) in [6.45, 7) is 6.71. The van der Waals surface area contributed by atoms with E-state index in [-0.39, 0.29) is 41.6 Å². The smallest absolute Gasteiger partial charge is 0.246 e. The molecule has 4 rings (SSSR count). The maximum absolute atomic E-state index is 14.2. The number of hydrogen-bond donors (Lipinski definition) is 3. The summed E-state index contributed by atoms with van der Waals surface area (Å²) in [6, 6.07) is 6.88. The molecule has 1 aromatic rings. The van der Waals surface area contributed by atoms with E-state index in [0.29, 0.717) is 18.9 Å². The summed E-state index contributed by atoms with van der Waals surface area (Å²) in [5, 5.41) is 9.39. The summed E-state index contributed by atoms with van der Waals surface area (Å²) in [5.74, 6) is 0.436. The maximum Gasteiger partial charge on any atom is 0.246 e. The summed E-state index contributed by atoms with van der Waals surface area (Å²) in [4.78, 5) is 42.6. The minimum Gasteiger partial charge on any atom is -0.347 e. The number of carbonyl (C=O) groups excluding carboxylic acids is 3. The van der Waals surface area contributed by atoms with Crippen LogP contribution in [0.5, 0.6) is 0 Å². The van der Waals surface area contributed by atoms with Gasteiger partial charge in [0.15, 0.2) is 0 Å². The number of aryl methyl sites for hydroxylation is 1. The molecule has 1 saturated heterocycles. The van der Waals surface area contributed by atoms with Crippen molar-refractivity contribution in [3.05, 3.63) is 35.4 Å². The lowest BCUT2D eigenvalue weighted by Gasteiger charge is -2.35. The van der Waals surface area contributed by atoms with Gasteiger partial charge in [-0.25, -0.2) is 0 Å². The number of nitrogens with one attached hydrogen (secondary N) is 3. The second-order valence-electron chi connectivity index (χ2n) is 11.8. The lowest BCUT2D eigenvalue weighted by Crippen LogP contribution is -2.58. The Hall–Kier alpha value is -2.41. The van der Waals surface area contributed by atoms with E-state index in [1.165, 1.54) is 17.5 Å². The zero-order valence-corrected chi connectivity index (χ0v) is 23.1. The highest BCUT2D eigenvalue weighted by molar-refractivity contribution is 5.93. The third-order valence-corrected chi connectivity index (χ3v) is 9.06. The van der Waals surface area contributed by atoms with Crippen LogP contribution in [0, 0.1) is 17.8 Å². The van der Waals surface area contributed by atoms with E-state index in [9.17, 15) is 14.4 Å². The zero-order valence-electron chi connectivity index (χ0n) is 23.1. The molecule has 2 fully saturated rings. The van der Waals surface area contributed by atoms with Crippen LogP contribution in [0.2, 0.25) is 0 Å². The highest BCUT2D eigenvalue weighted by atomic mass is 16.2. The first kappa shape index (κ1) is 27.6. The number of fused-ring (bicyclic) bond motifs is 1. The van der Waals surface area contributed by atoms with E-state index in [1.54, 1.807) is 18.9 Å². The molecule has 0 radical (unpaired) electrons. The molecule has 1 heterocycles. The van der Waals surface area contributed by atoms with Crippen molar-refractivity contribution in [2.75, 3.05) is 13.6 Å². The molecule has 0 unspecified atom stereocenters. The number of carbonyl (C=O) groups is 3. The number of amides is 3. The Bertz CT molecular complexity index is 958. The summed E-state index contributed by atoms with van der Waals surface area (Å²) in [7, 11) is 1.75. The Morgan fingerprint density at radius 3 is 2.38 bits per heavy atom. The van der Waals surface area contributed by atoms with E-state index >= 15 is 0 Å². The van der Waals surface area contributed by atoms with E-state index in [1.807, 2.05) is 6.07 Å². The molecule has 0 bridgehead atoms. The molecule has 3 N–H and O–H groups in total. The monoisotopic (exact) mass is 510 g/mol. The van der Waals surface area contributed by atoms with Gasteiger partial charge in [-0.1, -0.05) is 57.4 Å². The number of benzene rings is 1. The summed E-state index contributed by atoms with van der Waals surface area (Å²) >= 11 is 0. The van der Waals surface area contributed by atoms with E-state index in [0.717, 1.165) is 44.9 Å². The summed E-state index contributed by atoms with van der Waals surface area (Å²) in [5.41, 5.74) is 2.50. The Kier molecular flexibility index (Phi) is 9.27. The van der Waals surface area contributed by atoms with E-state index in [2.05, 4.69) is 48.0 Å². The molecule has 5 atom stereocenters. The van der Waals surface area contributed by atoms with Crippen LogP contribution in [0.25, 0.3) is 0 Å². The minimum absolute atomic E-state index is 0.0159. The molecule has 1 saturated carbocycles. The van der Waals surface area contributed by atoms with E-state index in [4.69, 9.17) is 0 Å². The lowest BCUT2D eigenvalue weighted by atomic mass is 9.83. The van der Waals surface area contributed by atoms with Gasteiger partial charge < -0.3 is 20.9 Å². The normalized spacial score (nSPS) is 25.9. The molecule has 0 aromatic heterocycles. The Labute approximate surface area is 222 Å². The topological polar surface area (TPSA) is 90.5 Å². The fourth-order valence-corrected chi connectivity index (χ4v) is 6.45. The van der Waals surface area contributed by atoms with Gasteiger partial charge in [0.05, 0.1) is 12.1 Å². The molecule has 2 aliphatic carbocycles. The van der Waals surface area contributed by atoms with Crippen LogP contribution in [0.3, 0.4) is 0 Å². The second-order valence-corrected chi connectivity index (χ2v) is 11.8. The maximum atomic E-state index is 14.2. The van der Waals surface area contributed by atoms with Gasteiger partial charge in [-0.3, -0.25) is 14.4 Å². The largest absolute Gasteiger partial charge is 0.347 e. The van der Waals surface area contributed by atoms with Gasteiger partial charge in [0.2, 0.25) is 17.7 Å². The molecule has 0 spiro atoms. The van der Waals surface area contributed by atoms with Gasteiger partial charge in [-0.15, -0.1) is 0 Å². The first-order valence-electron chi connectivity index (χ1n) is 14.5. The molecule has 204 valence electrons. The Morgan fingerprint density at radius 1 is 0.946 bits per heavy atom. The molecular formula is C30H46N4O3. The summed E-state index contributed by atoms with van der Waals surface area (Å²) in [6.07, 6.45) is 8.86. The highest BCUT2D eigenvalue weighted by Gasteiger charge is 2.45. The third-order valence-electron chi connectivity index (χ3n) is 9.06. The molecule has 7 nitrogen and oxygen atoms in total. The lowest BCUT2D eigenvalue weighted by molar-refractivity contribution is -0.143. The predicted octanol–water partition coefficient (Wildman–Crippen LogP) is 3.73. The van der Waals surface area contributed by atoms with Crippen molar-refractivity contribution in [3.63, 3.8) is 0 Å². The minimum atomic E-state index is -0.583. The van der Waals surface area contributed by atoms with Crippen LogP contribution in [0.1, 0.15) is 89.3 Å². The van der Waals surface area contributed by atoms with Crippen LogP contribution in [-0.4, -0.2) is 54.3 Å². The van der Waals surface area contributed by atoms with Crippen LogP contribution in [0.15, 0.2) is 24.3 Å². The van der Waals surface area contributed by atoms with Crippen molar-refractivity contribution in [1.29, 1.82) is 0 Å². The van der Waals surface area contributed by atoms with E-state index < -0.39 is 12.1 Å². The van der Waals surface area contributed by atoms with Gasteiger partial charge in [-0.2, -0.15) is 0 Å². The fraction of sp³-hybridized carbons (Fsp3) is 0.700. The number of rotatable bonds is 8. The van der Waals surface area contributed by atoms with Crippen LogP contribution in [-0.2, 0) is 20.8 Å². The first-order valence-corrected chi connectivity index (χ1v) is 14.5. The highest BCUT2D eigenvalue weighted by Crippen LogP contribution is 2.34. The molecule has 37 heavy (non-hydrogen) atoms. The first-order chi connectivity index (χ1) is 17.8. The average Bonchev–Trinajstić information content (AvgIpc) is 3.38. The van der Waals surface area contributed by atoms with Gasteiger partial charge in [0, 0.05) is 6.54 Å². The quantitative estimate of drug-likeness (QED) is 0.497. The van der Waals surface area contributed by atoms with Crippen molar-refractivity contribution in [3.8, 4) is 0 Å². The van der Waals surface area contributed by atoms with Gasteiger partial charge in [0.25, 0.3) is 0 Å². The van der Waals surface area contributed by atoms with Crippen molar-refractivity contribution >= 4 is 17.7 Å². The van der Waals surface area contributed by atoms with Crippen molar-refractivity contribution in [2.24, 2.45) is 17.8 Å². The van der Waals surface area contributed by atoms with Crippen LogP contribution >= 0.6 is 0 Å². The molecule has 7 heteroatoms. The number of likely N-dealkylation sites (tertiary alicyclic amines) is 1. The number of nitrogens with zero attached hydrogens (tertiary/aromatic N) is 1. The fourth-order valence-electron chi connectivity index (χ4n) is 6.45. The Morgan fingerprint density at radius 2 is 1.68 bits per heavy atom. The average molecular weight is 511 g/mol. The summed E-state index contributed by atoms with van der Waals surface area (Å²) < 4.78 is 0. The van der Waals surface area contributed by atoms with Crippen molar-refractivity contribution < 1.29 is 14.4 Å². The third kappa shape index (κ3) is 6.36.